The van der Waals surface area contributed by atoms with Crippen LogP contribution in [0.25, 0.3) is 0 Å². The van der Waals surface area contributed by atoms with Crippen LogP contribution < -0.4 is 3.69 Å². The van der Waals surface area contributed by atoms with Gasteiger partial charge in [0, 0.05) is 22.9 Å². The largest absolute Gasteiger partial charge is 0.292 e. The third-order valence-corrected chi connectivity index (χ3v) is 1.16. The fourth-order valence-electron chi connectivity index (χ4n) is 0.333. The monoisotopic (exact) mass is 229 g/mol. The zero-order chi connectivity index (χ0) is 6.41. The highest BCUT2D eigenvalue weighted by molar-refractivity contribution is 14.1. The van der Waals surface area contributed by atoms with Gasteiger partial charge >= 0.3 is 0 Å². The Morgan fingerprint density at radius 1 is 1.62 bits per heavy atom. The molecule has 0 amide bonds. The highest BCUT2D eigenvalue weighted by atomic mass is 127. The van der Waals surface area contributed by atoms with E-state index in [9.17, 15) is 0 Å². The lowest BCUT2D eigenvalue weighted by Gasteiger charge is -2.01. The molecule has 3 heteroatoms. The number of rotatable bonds is 4. The van der Waals surface area contributed by atoms with Gasteiger partial charge in [-0.25, -0.2) is 0 Å². The summed E-state index contributed by atoms with van der Waals surface area (Å²) < 4.78 is 2.59. The Morgan fingerprint density at radius 3 is 2.62 bits per heavy atom. The minimum atomic E-state index is 0.736. The van der Waals surface area contributed by atoms with E-state index in [2.05, 4.69) is 17.5 Å². The lowest BCUT2D eigenvalue weighted by atomic mass is 10.1. The standard InChI is InChI=1S/C5H12INO/c1-5(2)3-4-8-7-6/h5,7H,3-4H2,1-2H3. The fourth-order valence-corrected chi connectivity index (χ4v) is 0.553. The minimum absolute atomic E-state index is 0.736. The second kappa shape index (κ2) is 5.78. The maximum Gasteiger partial charge on any atom is 0.0694 e. The van der Waals surface area contributed by atoms with Crippen LogP contribution in [0.2, 0.25) is 0 Å². The molecule has 0 aromatic carbocycles. The fraction of sp³-hybridized carbons (Fsp3) is 1.00. The lowest BCUT2D eigenvalue weighted by Crippen LogP contribution is -2.03. The number of nitrogens with one attached hydrogen (secondary N) is 1. The smallest absolute Gasteiger partial charge is 0.0694 e. The summed E-state index contributed by atoms with van der Waals surface area (Å²) in [6.45, 7) is 5.16. The Hall–Kier alpha value is 0.650. The molecule has 0 aromatic heterocycles. The van der Waals surface area contributed by atoms with Gasteiger partial charge in [-0.05, 0) is 12.3 Å². The van der Waals surface area contributed by atoms with E-state index < -0.39 is 0 Å². The van der Waals surface area contributed by atoms with E-state index in [1.165, 1.54) is 0 Å². The maximum absolute atomic E-state index is 4.88. The van der Waals surface area contributed by atoms with E-state index in [-0.39, 0.29) is 0 Å². The van der Waals surface area contributed by atoms with Crippen molar-refractivity contribution in [2.45, 2.75) is 20.3 Å². The number of hydrogen-bond acceptors (Lipinski definition) is 2. The molecule has 0 heterocycles. The lowest BCUT2D eigenvalue weighted by molar-refractivity contribution is 0.103. The first-order valence-corrected chi connectivity index (χ1v) is 3.82. The summed E-state index contributed by atoms with van der Waals surface area (Å²) >= 11 is 1.96. The Balaban J connectivity index is 2.72. The predicted molar refractivity (Wildman–Crippen MR) is 42.6 cm³/mol. The van der Waals surface area contributed by atoms with Crippen molar-refractivity contribution in [3.05, 3.63) is 0 Å². The van der Waals surface area contributed by atoms with E-state index in [0.717, 1.165) is 18.9 Å². The van der Waals surface area contributed by atoms with Crippen molar-refractivity contribution in [1.29, 1.82) is 0 Å². The first-order chi connectivity index (χ1) is 3.77. The van der Waals surface area contributed by atoms with Gasteiger partial charge in [-0.15, -0.1) is 3.69 Å². The molecule has 1 N–H and O–H groups in total. The van der Waals surface area contributed by atoms with Crippen molar-refractivity contribution in [2.24, 2.45) is 5.92 Å². The second-order valence-corrected chi connectivity index (χ2v) is 2.55. The average molecular weight is 229 g/mol. The van der Waals surface area contributed by atoms with Crippen molar-refractivity contribution in [2.75, 3.05) is 6.61 Å². The third kappa shape index (κ3) is 6.65. The Labute approximate surface area is 64.4 Å². The van der Waals surface area contributed by atoms with Gasteiger partial charge in [-0.3, -0.25) is 4.84 Å². The van der Waals surface area contributed by atoms with Crippen LogP contribution in [0, 0.1) is 5.92 Å². The average Bonchev–Trinajstić information content (AvgIpc) is 1.66. The second-order valence-electron chi connectivity index (χ2n) is 2.11. The topological polar surface area (TPSA) is 21.3 Å². The van der Waals surface area contributed by atoms with Crippen LogP contribution in [-0.2, 0) is 4.84 Å². The molecule has 0 bridgehead atoms. The van der Waals surface area contributed by atoms with Crippen molar-refractivity contribution in [1.82, 2.24) is 3.69 Å². The molecule has 0 saturated heterocycles. The van der Waals surface area contributed by atoms with Gasteiger partial charge in [0.1, 0.15) is 0 Å². The molecule has 0 atom stereocenters. The predicted octanol–water partition coefficient (Wildman–Crippen LogP) is 1.90. The normalized spacial score (nSPS) is 10.5. The number of halogens is 1. The summed E-state index contributed by atoms with van der Waals surface area (Å²) in [5.41, 5.74) is 0. The Morgan fingerprint density at radius 2 is 2.25 bits per heavy atom. The van der Waals surface area contributed by atoms with Gasteiger partial charge in [-0.1, -0.05) is 13.8 Å². The van der Waals surface area contributed by atoms with E-state index in [1.807, 2.05) is 22.9 Å². The van der Waals surface area contributed by atoms with Crippen molar-refractivity contribution in [3.63, 3.8) is 0 Å². The molecule has 0 aromatic rings. The van der Waals surface area contributed by atoms with E-state index >= 15 is 0 Å². The van der Waals surface area contributed by atoms with Crippen LogP contribution in [0.4, 0.5) is 0 Å². The molecule has 0 radical (unpaired) electrons. The number of hydrogen-bond donors (Lipinski definition) is 1. The molecule has 50 valence electrons. The molecule has 8 heavy (non-hydrogen) atoms. The highest BCUT2D eigenvalue weighted by Crippen LogP contribution is 1.97. The highest BCUT2D eigenvalue weighted by Gasteiger charge is 1.91. The molecule has 0 unspecified atom stereocenters. The van der Waals surface area contributed by atoms with Gasteiger partial charge in [0.2, 0.25) is 0 Å². The summed E-state index contributed by atoms with van der Waals surface area (Å²) in [6.07, 6.45) is 1.12. The van der Waals surface area contributed by atoms with E-state index in [0.29, 0.717) is 0 Å². The molecule has 0 aliphatic carbocycles. The van der Waals surface area contributed by atoms with Crippen molar-refractivity contribution >= 4 is 22.9 Å². The van der Waals surface area contributed by atoms with Gasteiger partial charge in [-0.2, -0.15) is 0 Å². The summed E-state index contributed by atoms with van der Waals surface area (Å²) in [5.74, 6) is 0.736. The van der Waals surface area contributed by atoms with E-state index in [1.54, 1.807) is 0 Å². The van der Waals surface area contributed by atoms with Crippen LogP contribution in [0.15, 0.2) is 0 Å². The Bertz CT molecular complexity index is 49.7. The van der Waals surface area contributed by atoms with Crippen LogP contribution in [0.3, 0.4) is 0 Å². The maximum atomic E-state index is 4.88. The quantitative estimate of drug-likeness (QED) is 0.344. The molecule has 0 aliphatic rings. The molecule has 0 fully saturated rings. The SMILES string of the molecule is CC(C)CCONI. The molecule has 0 saturated carbocycles. The summed E-state index contributed by atoms with van der Waals surface area (Å²) in [7, 11) is 0. The van der Waals surface area contributed by atoms with Crippen molar-refractivity contribution in [3.8, 4) is 0 Å². The minimum Gasteiger partial charge on any atom is -0.292 e. The van der Waals surface area contributed by atoms with Gasteiger partial charge in [0.05, 0.1) is 6.61 Å². The molecular weight excluding hydrogens is 217 g/mol. The molecule has 0 rings (SSSR count). The molecule has 2 nitrogen and oxygen atoms in total. The summed E-state index contributed by atoms with van der Waals surface area (Å²) in [4.78, 5) is 4.88. The van der Waals surface area contributed by atoms with Gasteiger partial charge in [0.15, 0.2) is 0 Å². The van der Waals surface area contributed by atoms with Gasteiger partial charge in [0.25, 0.3) is 0 Å². The molecular formula is C5H12INO. The zero-order valence-corrected chi connectivity index (χ0v) is 7.44. The summed E-state index contributed by atoms with van der Waals surface area (Å²) in [6, 6.07) is 0. The zero-order valence-electron chi connectivity index (χ0n) is 5.28. The van der Waals surface area contributed by atoms with Crippen LogP contribution in [-0.4, -0.2) is 6.61 Å². The van der Waals surface area contributed by atoms with Gasteiger partial charge < -0.3 is 0 Å². The van der Waals surface area contributed by atoms with Crippen LogP contribution in [0.5, 0.6) is 0 Å². The van der Waals surface area contributed by atoms with E-state index in [4.69, 9.17) is 4.84 Å². The van der Waals surface area contributed by atoms with Crippen LogP contribution in [0.1, 0.15) is 20.3 Å². The third-order valence-electron chi connectivity index (χ3n) is 0.852. The van der Waals surface area contributed by atoms with Crippen LogP contribution >= 0.6 is 22.9 Å². The first kappa shape index (κ1) is 8.65. The van der Waals surface area contributed by atoms with Crippen molar-refractivity contribution < 1.29 is 4.84 Å². The molecule has 0 aliphatic heterocycles. The molecule has 0 spiro atoms. The summed E-state index contributed by atoms with van der Waals surface area (Å²) in [5, 5.41) is 0. The Kier molecular flexibility index (Phi) is 6.25. The first-order valence-electron chi connectivity index (χ1n) is 2.74.